The zero-order chi connectivity index (χ0) is 25.2. The highest BCUT2D eigenvalue weighted by molar-refractivity contribution is 9.10. The van der Waals surface area contributed by atoms with E-state index in [2.05, 4.69) is 31.2 Å². The summed E-state index contributed by atoms with van der Waals surface area (Å²) in [4.78, 5) is 44.8. The maximum Gasteiger partial charge on any atom is 0.339 e. The van der Waals surface area contributed by atoms with E-state index in [0.29, 0.717) is 32.4 Å². The summed E-state index contributed by atoms with van der Waals surface area (Å²) in [6.07, 6.45) is 0. The minimum Gasteiger partial charge on any atom is -0.452 e. The maximum atomic E-state index is 13.0. The Labute approximate surface area is 216 Å². The number of benzene rings is 3. The van der Waals surface area contributed by atoms with Crippen LogP contribution >= 0.6 is 27.3 Å². The third kappa shape index (κ3) is 4.92. The van der Waals surface area contributed by atoms with Gasteiger partial charge in [0.1, 0.15) is 0 Å². The normalized spacial score (nSPS) is 10.9. The molecule has 2 aromatic heterocycles. The molecule has 2 heterocycles. The van der Waals surface area contributed by atoms with Crippen molar-refractivity contribution in [2.45, 2.75) is 0 Å². The number of halogens is 1. The molecule has 0 unspecified atom stereocenters. The van der Waals surface area contributed by atoms with E-state index in [4.69, 9.17) is 4.74 Å². The number of para-hydroxylation sites is 1. The first kappa shape index (κ1) is 23.5. The molecule has 1 N–H and O–H groups in total. The monoisotopic (exact) mass is 562 g/mol. The summed E-state index contributed by atoms with van der Waals surface area (Å²) in [5.74, 6) is -1.24. The Morgan fingerprint density at radius 3 is 2.56 bits per heavy atom. The van der Waals surface area contributed by atoms with Crippen molar-refractivity contribution >= 4 is 71.1 Å². The average Bonchev–Trinajstić information content (AvgIpc) is 3.28. The Morgan fingerprint density at radius 2 is 1.78 bits per heavy atom. The highest BCUT2D eigenvalue weighted by atomic mass is 79.9. The number of amides is 1. The number of anilines is 1. The lowest BCUT2D eigenvalue weighted by Gasteiger charge is -2.10. The van der Waals surface area contributed by atoms with Crippen molar-refractivity contribution in [3.05, 3.63) is 92.9 Å². The summed E-state index contributed by atoms with van der Waals surface area (Å²) in [6, 6.07) is 20.6. The average molecular weight is 563 g/mol. The van der Waals surface area contributed by atoms with Crippen LogP contribution in [0.5, 0.6) is 0 Å². The van der Waals surface area contributed by atoms with E-state index < -0.39 is 23.4 Å². The zero-order valence-electron chi connectivity index (χ0n) is 18.3. The predicted octanol–water partition coefficient (Wildman–Crippen LogP) is 5.98. The summed E-state index contributed by atoms with van der Waals surface area (Å²) in [5.41, 5.74) is 2.79. The van der Waals surface area contributed by atoms with E-state index in [1.807, 2.05) is 30.3 Å². The summed E-state index contributed by atoms with van der Waals surface area (Å²) in [6.45, 7) is -0.529. The number of thiazole rings is 1. The molecule has 0 aliphatic heterocycles. The van der Waals surface area contributed by atoms with E-state index in [-0.39, 0.29) is 10.8 Å². The van der Waals surface area contributed by atoms with Gasteiger partial charge in [0.2, 0.25) is 0 Å². The molecule has 178 valence electrons. The van der Waals surface area contributed by atoms with Crippen molar-refractivity contribution in [3.63, 3.8) is 0 Å². The molecule has 11 heteroatoms. The highest BCUT2D eigenvalue weighted by Crippen LogP contribution is 2.29. The quantitative estimate of drug-likeness (QED) is 0.153. The van der Waals surface area contributed by atoms with Gasteiger partial charge >= 0.3 is 5.97 Å². The molecule has 0 atom stereocenters. The number of nitro groups is 1. The number of non-ortho nitro benzene ring substituents is 1. The third-order valence-electron chi connectivity index (χ3n) is 5.24. The number of aromatic nitrogens is 2. The Hall–Kier alpha value is -4.22. The molecule has 1 amide bonds. The van der Waals surface area contributed by atoms with Crippen LogP contribution in [0.25, 0.3) is 32.4 Å². The van der Waals surface area contributed by atoms with Crippen molar-refractivity contribution < 1.29 is 19.2 Å². The van der Waals surface area contributed by atoms with Crippen molar-refractivity contribution in [3.8, 4) is 11.3 Å². The van der Waals surface area contributed by atoms with E-state index in [0.717, 1.165) is 21.4 Å². The van der Waals surface area contributed by atoms with Gasteiger partial charge in [0.25, 0.3) is 11.6 Å². The number of nitrogens with zero attached hydrogens (tertiary/aromatic N) is 3. The van der Waals surface area contributed by atoms with Crippen LogP contribution in [-0.4, -0.2) is 33.4 Å². The van der Waals surface area contributed by atoms with Crippen molar-refractivity contribution in [1.29, 1.82) is 0 Å². The lowest BCUT2D eigenvalue weighted by molar-refractivity contribution is -0.384. The van der Waals surface area contributed by atoms with Gasteiger partial charge in [-0.1, -0.05) is 57.6 Å². The van der Waals surface area contributed by atoms with Gasteiger partial charge in [0, 0.05) is 27.6 Å². The van der Waals surface area contributed by atoms with Gasteiger partial charge in [0.15, 0.2) is 11.7 Å². The molecule has 5 rings (SSSR count). The van der Waals surface area contributed by atoms with Gasteiger partial charge < -0.3 is 4.74 Å². The number of rotatable bonds is 6. The number of ether oxygens (including phenoxy) is 1. The number of pyridine rings is 1. The van der Waals surface area contributed by atoms with Gasteiger partial charge in [-0.05, 0) is 30.3 Å². The van der Waals surface area contributed by atoms with Gasteiger partial charge in [0.05, 0.1) is 31.9 Å². The molecule has 0 bridgehead atoms. The number of hydrogen-bond donors (Lipinski definition) is 1. The van der Waals surface area contributed by atoms with Crippen LogP contribution in [0, 0.1) is 10.1 Å². The Kier molecular flexibility index (Phi) is 6.40. The number of nitro benzene ring substituents is 1. The maximum absolute atomic E-state index is 13.0. The Morgan fingerprint density at radius 1 is 1.00 bits per heavy atom. The first-order chi connectivity index (χ1) is 17.4. The minimum atomic E-state index is -0.665. The fraction of sp³-hybridized carbons (Fsp3) is 0.0400. The summed E-state index contributed by atoms with van der Waals surface area (Å²) < 4.78 is 6.78. The van der Waals surface area contributed by atoms with Crippen LogP contribution in [0.15, 0.2) is 77.3 Å². The molecular weight excluding hydrogens is 548 g/mol. The van der Waals surface area contributed by atoms with Crippen LogP contribution < -0.4 is 5.32 Å². The molecule has 0 saturated heterocycles. The number of fused-ring (bicyclic) bond motifs is 2. The summed E-state index contributed by atoms with van der Waals surface area (Å²) in [7, 11) is 0. The SMILES string of the molecule is O=C(COC(=O)c1cc(-c2ccc(Br)cc2)nc2ccccc12)Nc1nc2ccc([N+](=O)[O-])cc2s1. The number of carbonyl (C=O) groups excluding carboxylic acids is 2. The third-order valence-corrected chi connectivity index (χ3v) is 6.70. The number of esters is 1. The largest absolute Gasteiger partial charge is 0.452 e. The molecule has 0 aliphatic rings. The molecule has 36 heavy (non-hydrogen) atoms. The molecule has 0 radical (unpaired) electrons. The van der Waals surface area contributed by atoms with Crippen LogP contribution in [-0.2, 0) is 9.53 Å². The Balaban J connectivity index is 1.33. The second-order valence-electron chi connectivity index (χ2n) is 7.63. The Bertz CT molecular complexity index is 1650. The molecule has 0 fully saturated rings. The van der Waals surface area contributed by atoms with Crippen molar-refractivity contribution in [1.82, 2.24) is 9.97 Å². The van der Waals surface area contributed by atoms with E-state index in [1.54, 1.807) is 24.3 Å². The topological polar surface area (TPSA) is 124 Å². The lowest BCUT2D eigenvalue weighted by Crippen LogP contribution is -2.21. The van der Waals surface area contributed by atoms with Crippen LogP contribution in [0.1, 0.15) is 10.4 Å². The van der Waals surface area contributed by atoms with Crippen molar-refractivity contribution in [2.75, 3.05) is 11.9 Å². The zero-order valence-corrected chi connectivity index (χ0v) is 20.7. The molecular formula is C25H15BrN4O5S. The molecule has 3 aromatic carbocycles. The fourth-order valence-corrected chi connectivity index (χ4v) is 4.74. The first-order valence-electron chi connectivity index (χ1n) is 10.5. The molecule has 0 spiro atoms. The predicted molar refractivity (Wildman–Crippen MR) is 140 cm³/mol. The summed E-state index contributed by atoms with van der Waals surface area (Å²) in [5, 5.41) is 14.4. The number of carbonyl (C=O) groups is 2. The smallest absolute Gasteiger partial charge is 0.339 e. The lowest BCUT2D eigenvalue weighted by atomic mass is 10.0. The highest BCUT2D eigenvalue weighted by Gasteiger charge is 2.18. The minimum absolute atomic E-state index is 0.0648. The number of nitrogens with one attached hydrogen (secondary N) is 1. The van der Waals surface area contributed by atoms with Gasteiger partial charge in [-0.2, -0.15) is 0 Å². The van der Waals surface area contributed by atoms with E-state index in [9.17, 15) is 19.7 Å². The van der Waals surface area contributed by atoms with Crippen molar-refractivity contribution in [2.24, 2.45) is 0 Å². The molecule has 9 nitrogen and oxygen atoms in total. The standard InChI is InChI=1S/C25H15BrN4O5S/c26-15-7-5-14(6-8-15)21-12-18(17-3-1-2-4-19(17)27-21)24(32)35-13-23(31)29-25-28-20-10-9-16(30(33)34)11-22(20)36-25/h1-12H,13H2,(H,28,29,31). The van der Waals surface area contributed by atoms with Gasteiger partial charge in [-0.3, -0.25) is 20.2 Å². The molecule has 0 saturated carbocycles. The summed E-state index contributed by atoms with van der Waals surface area (Å²) >= 11 is 4.50. The fourth-order valence-electron chi connectivity index (χ4n) is 3.56. The van der Waals surface area contributed by atoms with E-state index in [1.165, 1.54) is 18.2 Å². The van der Waals surface area contributed by atoms with Gasteiger partial charge in [-0.25, -0.2) is 14.8 Å². The number of hydrogen-bond acceptors (Lipinski definition) is 8. The second kappa shape index (κ2) is 9.80. The van der Waals surface area contributed by atoms with E-state index >= 15 is 0 Å². The van der Waals surface area contributed by atoms with Crippen LogP contribution in [0.3, 0.4) is 0 Å². The van der Waals surface area contributed by atoms with Crippen LogP contribution in [0.2, 0.25) is 0 Å². The second-order valence-corrected chi connectivity index (χ2v) is 9.58. The molecule has 0 aliphatic carbocycles. The molecule has 5 aromatic rings. The van der Waals surface area contributed by atoms with Gasteiger partial charge in [-0.15, -0.1) is 0 Å². The van der Waals surface area contributed by atoms with Crippen LogP contribution in [0.4, 0.5) is 10.8 Å². The first-order valence-corrected chi connectivity index (χ1v) is 12.2.